The SMILES string of the molecule is c1ccc(-c2cccc(-c3nc(-c4cccc(-c5ccccc5)c4)nc(-c4ccc(-n5c6ccccc6c6ccccc65)c5ccccc45)n3)c2)cc1. The number of hydrogen-bond donors (Lipinski definition) is 0. The summed E-state index contributed by atoms with van der Waals surface area (Å²) >= 11 is 0. The zero-order valence-electron chi connectivity index (χ0n) is 28.8. The molecule has 53 heavy (non-hydrogen) atoms. The van der Waals surface area contributed by atoms with E-state index in [1.54, 1.807) is 0 Å². The van der Waals surface area contributed by atoms with Crippen molar-refractivity contribution in [2.75, 3.05) is 0 Å². The van der Waals surface area contributed by atoms with Gasteiger partial charge in [0.1, 0.15) is 0 Å². The Morgan fingerprint density at radius 2 is 0.698 bits per heavy atom. The zero-order valence-corrected chi connectivity index (χ0v) is 28.8. The summed E-state index contributed by atoms with van der Waals surface area (Å²) in [6.07, 6.45) is 0. The van der Waals surface area contributed by atoms with Gasteiger partial charge in [0.15, 0.2) is 17.5 Å². The quantitative estimate of drug-likeness (QED) is 0.176. The highest BCUT2D eigenvalue weighted by Crippen LogP contribution is 2.38. The van der Waals surface area contributed by atoms with Crippen molar-refractivity contribution >= 4 is 32.6 Å². The number of hydrogen-bond acceptors (Lipinski definition) is 3. The molecule has 0 fully saturated rings. The minimum absolute atomic E-state index is 0.628. The highest BCUT2D eigenvalue weighted by atomic mass is 15.0. The average molecular weight is 677 g/mol. The third-order valence-electron chi connectivity index (χ3n) is 10.1. The molecule has 4 heteroatoms. The topological polar surface area (TPSA) is 43.6 Å². The first-order chi connectivity index (χ1) is 26.3. The standard InChI is InChI=1S/C49H32N4/c1-3-15-33(16-4-1)35-19-13-21-37(31-35)47-50-48(38-22-14-20-36(32-38)34-17-5-2-6-18-34)52-49(51-47)43-29-30-46(40-24-8-7-23-39(40)43)53-44-27-11-9-25-41(44)42-26-10-12-28-45(42)53/h1-32H. The smallest absolute Gasteiger partial charge is 0.164 e. The van der Waals surface area contributed by atoms with E-state index >= 15 is 0 Å². The fourth-order valence-electron chi connectivity index (χ4n) is 7.55. The molecule has 0 aliphatic rings. The Morgan fingerprint density at radius 3 is 1.25 bits per heavy atom. The lowest BCUT2D eigenvalue weighted by Crippen LogP contribution is -2.02. The molecular weight excluding hydrogens is 645 g/mol. The molecule has 0 aliphatic carbocycles. The summed E-state index contributed by atoms with van der Waals surface area (Å²) in [5.41, 5.74) is 10.8. The van der Waals surface area contributed by atoms with E-state index in [1.165, 1.54) is 21.8 Å². The van der Waals surface area contributed by atoms with Gasteiger partial charge in [-0.1, -0.05) is 158 Å². The Labute approximate surface area is 307 Å². The van der Waals surface area contributed by atoms with Crippen LogP contribution in [0.3, 0.4) is 0 Å². The summed E-state index contributed by atoms with van der Waals surface area (Å²) in [5.74, 6) is 1.89. The molecule has 0 bridgehead atoms. The molecule has 248 valence electrons. The van der Waals surface area contributed by atoms with Crippen LogP contribution in [0.5, 0.6) is 0 Å². The van der Waals surface area contributed by atoms with Gasteiger partial charge in [-0.05, 0) is 64.0 Å². The van der Waals surface area contributed by atoms with Gasteiger partial charge in [0, 0.05) is 32.8 Å². The average Bonchev–Trinajstić information content (AvgIpc) is 3.58. The highest BCUT2D eigenvalue weighted by Gasteiger charge is 2.19. The van der Waals surface area contributed by atoms with Crippen LogP contribution in [0.4, 0.5) is 0 Å². The molecule has 0 radical (unpaired) electrons. The largest absolute Gasteiger partial charge is 0.309 e. The Kier molecular flexibility index (Phi) is 7.43. The van der Waals surface area contributed by atoms with E-state index in [2.05, 4.69) is 187 Å². The predicted molar refractivity (Wildman–Crippen MR) is 219 cm³/mol. The van der Waals surface area contributed by atoms with Gasteiger partial charge in [0.05, 0.1) is 16.7 Å². The molecule has 0 unspecified atom stereocenters. The maximum atomic E-state index is 5.23. The lowest BCUT2D eigenvalue weighted by atomic mass is 10.0. The summed E-state index contributed by atoms with van der Waals surface area (Å²) < 4.78 is 2.38. The molecule has 0 saturated carbocycles. The van der Waals surface area contributed by atoms with Crippen LogP contribution in [0.2, 0.25) is 0 Å². The van der Waals surface area contributed by atoms with Crippen molar-refractivity contribution in [1.82, 2.24) is 19.5 Å². The summed E-state index contributed by atoms with van der Waals surface area (Å²) in [6, 6.07) is 68.0. The van der Waals surface area contributed by atoms with Gasteiger partial charge in [0.25, 0.3) is 0 Å². The third-order valence-corrected chi connectivity index (χ3v) is 10.1. The lowest BCUT2D eigenvalue weighted by molar-refractivity contribution is 1.08. The van der Waals surface area contributed by atoms with Crippen LogP contribution in [0.1, 0.15) is 0 Å². The van der Waals surface area contributed by atoms with Crippen molar-refractivity contribution in [2.24, 2.45) is 0 Å². The first kappa shape index (κ1) is 30.6. The van der Waals surface area contributed by atoms with Crippen LogP contribution in [-0.4, -0.2) is 19.5 Å². The van der Waals surface area contributed by atoms with Gasteiger partial charge in [-0.25, -0.2) is 15.0 Å². The summed E-state index contributed by atoms with van der Waals surface area (Å²) in [5, 5.41) is 4.67. The van der Waals surface area contributed by atoms with E-state index in [1.807, 2.05) is 12.1 Å². The molecule has 0 amide bonds. The van der Waals surface area contributed by atoms with Crippen LogP contribution in [0.15, 0.2) is 194 Å². The van der Waals surface area contributed by atoms with E-state index in [0.717, 1.165) is 55.4 Å². The van der Waals surface area contributed by atoms with Crippen LogP contribution in [-0.2, 0) is 0 Å². The Hall–Kier alpha value is -7.17. The van der Waals surface area contributed by atoms with Gasteiger partial charge >= 0.3 is 0 Å². The fraction of sp³-hybridized carbons (Fsp3) is 0. The normalized spacial score (nSPS) is 11.4. The van der Waals surface area contributed by atoms with Gasteiger partial charge in [0.2, 0.25) is 0 Å². The van der Waals surface area contributed by atoms with E-state index in [9.17, 15) is 0 Å². The highest BCUT2D eigenvalue weighted by molar-refractivity contribution is 6.11. The molecule has 0 spiro atoms. The molecule has 2 aromatic heterocycles. The Bertz CT molecular complexity index is 2790. The maximum absolute atomic E-state index is 5.23. The van der Waals surface area contributed by atoms with Gasteiger partial charge in [-0.3, -0.25) is 0 Å². The van der Waals surface area contributed by atoms with Crippen molar-refractivity contribution in [3.8, 4) is 62.1 Å². The molecule has 0 N–H and O–H groups in total. The monoisotopic (exact) mass is 676 g/mol. The van der Waals surface area contributed by atoms with Crippen LogP contribution >= 0.6 is 0 Å². The molecular formula is C49H32N4. The lowest BCUT2D eigenvalue weighted by Gasteiger charge is -2.15. The zero-order chi connectivity index (χ0) is 35.1. The van der Waals surface area contributed by atoms with Crippen molar-refractivity contribution in [3.05, 3.63) is 194 Å². The molecule has 10 aromatic rings. The molecule has 0 aliphatic heterocycles. The molecule has 0 atom stereocenters. The molecule has 10 rings (SSSR count). The number of nitrogens with zero attached hydrogens (tertiary/aromatic N) is 4. The van der Waals surface area contributed by atoms with E-state index in [4.69, 9.17) is 15.0 Å². The third kappa shape index (κ3) is 5.45. The minimum Gasteiger partial charge on any atom is -0.309 e. The number of benzene rings is 8. The van der Waals surface area contributed by atoms with Crippen molar-refractivity contribution in [2.45, 2.75) is 0 Å². The number of aromatic nitrogens is 4. The number of fused-ring (bicyclic) bond motifs is 4. The Balaban J connectivity index is 1.19. The van der Waals surface area contributed by atoms with E-state index in [-0.39, 0.29) is 0 Å². The molecule has 4 nitrogen and oxygen atoms in total. The predicted octanol–water partition coefficient (Wildman–Crippen LogP) is 12.5. The first-order valence-electron chi connectivity index (χ1n) is 17.9. The molecule has 8 aromatic carbocycles. The van der Waals surface area contributed by atoms with Crippen molar-refractivity contribution < 1.29 is 0 Å². The van der Waals surface area contributed by atoms with Gasteiger partial charge in [-0.15, -0.1) is 0 Å². The van der Waals surface area contributed by atoms with Crippen LogP contribution in [0.25, 0.3) is 94.7 Å². The van der Waals surface area contributed by atoms with Crippen LogP contribution in [0, 0.1) is 0 Å². The van der Waals surface area contributed by atoms with E-state index in [0.29, 0.717) is 17.5 Å². The maximum Gasteiger partial charge on any atom is 0.164 e. The van der Waals surface area contributed by atoms with Crippen molar-refractivity contribution in [1.29, 1.82) is 0 Å². The second kappa shape index (κ2) is 12.9. The second-order valence-electron chi connectivity index (χ2n) is 13.2. The fourth-order valence-corrected chi connectivity index (χ4v) is 7.55. The summed E-state index contributed by atoms with van der Waals surface area (Å²) in [7, 11) is 0. The second-order valence-corrected chi connectivity index (χ2v) is 13.2. The van der Waals surface area contributed by atoms with E-state index < -0.39 is 0 Å². The minimum atomic E-state index is 0.628. The first-order valence-corrected chi connectivity index (χ1v) is 17.9. The molecule has 2 heterocycles. The summed E-state index contributed by atoms with van der Waals surface area (Å²) in [6.45, 7) is 0. The van der Waals surface area contributed by atoms with Crippen molar-refractivity contribution in [3.63, 3.8) is 0 Å². The Morgan fingerprint density at radius 1 is 0.283 bits per heavy atom. The van der Waals surface area contributed by atoms with Gasteiger partial charge < -0.3 is 4.57 Å². The van der Waals surface area contributed by atoms with Gasteiger partial charge in [-0.2, -0.15) is 0 Å². The van der Waals surface area contributed by atoms with Crippen LogP contribution < -0.4 is 0 Å². The summed E-state index contributed by atoms with van der Waals surface area (Å²) in [4.78, 5) is 15.6. The molecule has 0 saturated heterocycles. The number of rotatable bonds is 6. The number of para-hydroxylation sites is 2.